The first kappa shape index (κ1) is 19.5. The summed E-state index contributed by atoms with van der Waals surface area (Å²) in [4.78, 5) is 28.1. The Bertz CT molecular complexity index is 975. The smallest absolute Gasteiger partial charge is 0.262 e. The third-order valence-electron chi connectivity index (χ3n) is 4.88. The highest BCUT2D eigenvalue weighted by Crippen LogP contribution is 2.20. The molecule has 0 saturated carbocycles. The number of hydrogen-bond acceptors (Lipinski definition) is 4. The van der Waals surface area contributed by atoms with Gasteiger partial charge in [0.05, 0.1) is 17.5 Å². The second-order valence-corrected chi connectivity index (χ2v) is 7.14. The molecule has 1 heterocycles. The van der Waals surface area contributed by atoms with E-state index in [9.17, 15) is 9.59 Å². The van der Waals surface area contributed by atoms with Gasteiger partial charge in [-0.25, -0.2) is 0 Å². The minimum absolute atomic E-state index is 0.114. The summed E-state index contributed by atoms with van der Waals surface area (Å²) < 4.78 is 6.93. The quantitative estimate of drug-likeness (QED) is 0.434. The summed E-state index contributed by atoms with van der Waals surface area (Å²) in [5.74, 6) is -0.207. The number of rotatable bonds is 7. The van der Waals surface area contributed by atoms with E-state index in [2.05, 4.69) is 16.4 Å². The van der Waals surface area contributed by atoms with Gasteiger partial charge in [-0.2, -0.15) is 0 Å². The largest absolute Gasteiger partial charge is 0.383 e. The molecule has 1 amide bonds. The molecule has 2 aromatic rings. The predicted molar refractivity (Wildman–Crippen MR) is 109 cm³/mol. The van der Waals surface area contributed by atoms with Gasteiger partial charge in [-0.15, -0.1) is 0 Å². The molecule has 0 spiro atoms. The molecule has 6 nitrogen and oxygen atoms in total. The van der Waals surface area contributed by atoms with Crippen LogP contribution in [-0.4, -0.2) is 35.7 Å². The van der Waals surface area contributed by atoms with Crippen LogP contribution in [0.5, 0.6) is 0 Å². The predicted octanol–water partition coefficient (Wildman–Crippen LogP) is 3.33. The topological polar surface area (TPSA) is 76.1 Å². The number of methoxy groups -OCH3 is 1. The van der Waals surface area contributed by atoms with Crippen molar-refractivity contribution < 1.29 is 9.53 Å². The van der Waals surface area contributed by atoms with E-state index in [-0.39, 0.29) is 11.5 Å². The summed E-state index contributed by atoms with van der Waals surface area (Å²) in [6, 6.07) is 5.02. The van der Waals surface area contributed by atoms with Gasteiger partial charge in [-0.3, -0.25) is 14.2 Å². The molecule has 3 rings (SSSR count). The molecular weight excluding hydrogens is 362 g/mol. The van der Waals surface area contributed by atoms with Crippen molar-refractivity contribution in [3.05, 3.63) is 50.5 Å². The van der Waals surface area contributed by atoms with Crippen LogP contribution in [0.4, 0.5) is 0 Å². The molecule has 0 saturated heterocycles. The second-order valence-electron chi connectivity index (χ2n) is 6.75. The van der Waals surface area contributed by atoms with Gasteiger partial charge in [-0.05, 0) is 62.5 Å². The number of hydrogen-bond donors (Lipinski definition) is 2. The zero-order chi connectivity index (χ0) is 19.2. The molecule has 1 aliphatic rings. The van der Waals surface area contributed by atoms with Gasteiger partial charge in [0, 0.05) is 25.8 Å². The molecule has 0 bridgehead atoms. The van der Waals surface area contributed by atoms with Crippen LogP contribution in [0.3, 0.4) is 0 Å². The van der Waals surface area contributed by atoms with Crippen LogP contribution in [-0.2, 0) is 11.3 Å². The summed E-state index contributed by atoms with van der Waals surface area (Å²) in [6.07, 6.45) is 7.85. The van der Waals surface area contributed by atoms with Gasteiger partial charge in [0.2, 0.25) is 0 Å². The highest BCUT2D eigenvalue weighted by molar-refractivity contribution is 7.71. The highest BCUT2D eigenvalue weighted by atomic mass is 32.1. The summed E-state index contributed by atoms with van der Waals surface area (Å²) in [5.41, 5.74) is 2.36. The third kappa shape index (κ3) is 4.73. The van der Waals surface area contributed by atoms with Crippen molar-refractivity contribution in [3.63, 3.8) is 0 Å². The Morgan fingerprint density at radius 3 is 2.96 bits per heavy atom. The molecule has 0 fully saturated rings. The van der Waals surface area contributed by atoms with E-state index in [0.29, 0.717) is 40.9 Å². The van der Waals surface area contributed by atoms with Crippen LogP contribution in [0, 0.1) is 4.77 Å². The molecule has 1 aromatic heterocycles. The average molecular weight is 388 g/mol. The number of aromatic nitrogens is 2. The van der Waals surface area contributed by atoms with E-state index >= 15 is 0 Å². The monoisotopic (exact) mass is 387 g/mol. The van der Waals surface area contributed by atoms with Gasteiger partial charge < -0.3 is 15.0 Å². The van der Waals surface area contributed by atoms with Crippen LogP contribution in [0.2, 0.25) is 0 Å². The standard InChI is InChI=1S/C20H25N3O3S/c1-26-12-10-21-18(24)15-7-8-16-17(13-15)22-20(27)23(19(16)25)11-9-14-5-3-2-4-6-14/h5,7-8,13H,2-4,6,9-12H2,1H3,(H,21,24)(H,22,27). The molecule has 0 aliphatic heterocycles. The van der Waals surface area contributed by atoms with E-state index in [1.54, 1.807) is 29.9 Å². The van der Waals surface area contributed by atoms with Crippen molar-refractivity contribution in [1.82, 2.24) is 14.9 Å². The van der Waals surface area contributed by atoms with E-state index < -0.39 is 0 Å². The first-order valence-corrected chi connectivity index (χ1v) is 9.73. The Labute approximate surface area is 163 Å². The first-order valence-electron chi connectivity index (χ1n) is 9.32. The average Bonchev–Trinajstić information content (AvgIpc) is 2.68. The summed E-state index contributed by atoms with van der Waals surface area (Å²) in [6.45, 7) is 1.46. The number of aromatic amines is 1. The van der Waals surface area contributed by atoms with Crippen LogP contribution < -0.4 is 10.9 Å². The Morgan fingerprint density at radius 1 is 1.37 bits per heavy atom. The molecule has 144 valence electrons. The third-order valence-corrected chi connectivity index (χ3v) is 5.20. The number of allylic oxidation sites excluding steroid dienone is 2. The molecule has 27 heavy (non-hydrogen) atoms. The lowest BCUT2D eigenvalue weighted by Gasteiger charge is -2.14. The number of fused-ring (bicyclic) bond motifs is 1. The molecule has 0 radical (unpaired) electrons. The Kier molecular flexibility index (Phi) is 6.58. The maximum Gasteiger partial charge on any atom is 0.262 e. The number of ether oxygens (including phenoxy) is 1. The molecule has 7 heteroatoms. The second kappa shape index (κ2) is 9.10. The fraction of sp³-hybridized carbons (Fsp3) is 0.450. The van der Waals surface area contributed by atoms with E-state index in [0.717, 1.165) is 19.3 Å². The molecular formula is C20H25N3O3S. The summed E-state index contributed by atoms with van der Waals surface area (Å²) in [7, 11) is 1.58. The maximum absolute atomic E-state index is 12.9. The van der Waals surface area contributed by atoms with Gasteiger partial charge in [0.25, 0.3) is 11.5 Å². The molecule has 0 unspecified atom stereocenters. The number of benzene rings is 1. The van der Waals surface area contributed by atoms with E-state index in [4.69, 9.17) is 17.0 Å². The van der Waals surface area contributed by atoms with Gasteiger partial charge in [0.1, 0.15) is 0 Å². The SMILES string of the molecule is COCCNC(=O)c1ccc2c(=O)n(CCC3=CCCCC3)c(=S)[nH]c2c1. The van der Waals surface area contributed by atoms with Crippen LogP contribution in [0.15, 0.2) is 34.6 Å². The Hall–Kier alpha value is -2.25. The van der Waals surface area contributed by atoms with E-state index in [1.807, 2.05) is 0 Å². The highest BCUT2D eigenvalue weighted by Gasteiger charge is 2.11. The first-order chi connectivity index (χ1) is 13.1. The van der Waals surface area contributed by atoms with Crippen LogP contribution in [0.1, 0.15) is 42.5 Å². The van der Waals surface area contributed by atoms with Crippen molar-refractivity contribution in [3.8, 4) is 0 Å². The van der Waals surface area contributed by atoms with Crippen molar-refractivity contribution in [1.29, 1.82) is 0 Å². The number of amides is 1. The molecule has 2 N–H and O–H groups in total. The lowest BCUT2D eigenvalue weighted by atomic mass is 9.97. The fourth-order valence-electron chi connectivity index (χ4n) is 3.35. The van der Waals surface area contributed by atoms with Crippen LogP contribution in [0.25, 0.3) is 10.9 Å². The lowest BCUT2D eigenvalue weighted by Crippen LogP contribution is -2.27. The van der Waals surface area contributed by atoms with Crippen molar-refractivity contribution in [2.45, 2.75) is 38.6 Å². The number of nitrogens with zero attached hydrogens (tertiary/aromatic N) is 1. The van der Waals surface area contributed by atoms with Crippen molar-refractivity contribution in [2.24, 2.45) is 0 Å². The Balaban J connectivity index is 1.83. The number of carbonyl (C=O) groups is 1. The van der Waals surface area contributed by atoms with Crippen molar-refractivity contribution >= 4 is 29.0 Å². The Morgan fingerprint density at radius 2 is 2.22 bits per heavy atom. The number of nitrogens with one attached hydrogen (secondary N) is 2. The van der Waals surface area contributed by atoms with Gasteiger partial charge in [0.15, 0.2) is 4.77 Å². The van der Waals surface area contributed by atoms with Gasteiger partial charge in [-0.1, -0.05) is 11.6 Å². The molecule has 1 aliphatic carbocycles. The van der Waals surface area contributed by atoms with E-state index in [1.165, 1.54) is 18.4 Å². The normalized spacial score (nSPS) is 14.2. The minimum atomic E-state index is -0.207. The fourth-order valence-corrected chi connectivity index (χ4v) is 3.64. The zero-order valence-corrected chi connectivity index (χ0v) is 16.4. The van der Waals surface area contributed by atoms with Gasteiger partial charge >= 0.3 is 0 Å². The number of carbonyl (C=O) groups excluding carboxylic acids is 1. The lowest BCUT2D eigenvalue weighted by molar-refractivity contribution is 0.0937. The maximum atomic E-state index is 12.9. The minimum Gasteiger partial charge on any atom is -0.383 e. The van der Waals surface area contributed by atoms with Crippen LogP contribution >= 0.6 is 12.2 Å². The van der Waals surface area contributed by atoms with Crippen molar-refractivity contribution in [2.75, 3.05) is 20.3 Å². The summed E-state index contributed by atoms with van der Waals surface area (Å²) in [5, 5.41) is 3.31. The zero-order valence-electron chi connectivity index (χ0n) is 15.5. The molecule has 1 aromatic carbocycles. The molecule has 0 atom stereocenters. The number of H-pyrrole nitrogens is 1. The summed E-state index contributed by atoms with van der Waals surface area (Å²) >= 11 is 5.40.